The predicted octanol–water partition coefficient (Wildman–Crippen LogP) is -0.508. The van der Waals surface area contributed by atoms with Gasteiger partial charge in [0.1, 0.15) is 0 Å². The number of benzene rings is 3. The number of nitrogens with zero attached hydrogens (tertiary/aromatic N) is 4. The topological polar surface area (TPSA) is 14.2 Å². The summed E-state index contributed by atoms with van der Waals surface area (Å²) in [6.07, 6.45) is 11.1. The highest BCUT2D eigenvalue weighted by Crippen LogP contribution is 2.25. The first kappa shape index (κ1) is 30.0. The average molecular weight is 685 g/mol. The van der Waals surface area contributed by atoms with Crippen molar-refractivity contribution in [2.45, 2.75) is 39.0 Å². The van der Waals surface area contributed by atoms with Gasteiger partial charge in [-0.1, -0.05) is 66.7 Å². The second kappa shape index (κ2) is 13.7. The van der Waals surface area contributed by atoms with Crippen LogP contribution >= 0.6 is 0 Å². The highest BCUT2D eigenvalue weighted by atomic mass is 79.9. The minimum Gasteiger partial charge on any atom is -1.00 e. The van der Waals surface area contributed by atoms with E-state index in [-0.39, 0.29) is 34.0 Å². The number of pyridine rings is 2. The van der Waals surface area contributed by atoms with Gasteiger partial charge in [-0.3, -0.25) is 0 Å². The molecule has 0 N–H and O–H groups in total. The first-order valence-electron chi connectivity index (χ1n) is 14.5. The zero-order chi connectivity index (χ0) is 26.7. The number of hydrogen-bond acceptors (Lipinski definition) is 2. The minimum atomic E-state index is 0. The number of halogens is 2. The van der Waals surface area contributed by atoms with Crippen LogP contribution in [-0.2, 0) is 39.0 Å². The van der Waals surface area contributed by atoms with E-state index in [1.807, 2.05) is 0 Å². The summed E-state index contributed by atoms with van der Waals surface area (Å²) in [6, 6.07) is 35.7. The standard InChI is InChI=1S/C36H36N4.2BrH/c1-3-10-33-27-39(22-12-31(33)8-1)35-14-18-37(19-15-35)25-29-6-5-7-30(24-29)26-38-20-16-36(17-21-38)40-23-13-32-9-2-4-11-34(32)28-40;;/h1-11,14-21,24H,12-13,22-23,25-28H2;2*1H/q+2;;/p-2. The molecule has 5 aromatic rings. The normalized spacial score (nSPS) is 13.8. The maximum atomic E-state index is 2.49. The fourth-order valence-corrected chi connectivity index (χ4v) is 6.21. The summed E-state index contributed by atoms with van der Waals surface area (Å²) in [5, 5.41) is 0. The highest BCUT2D eigenvalue weighted by molar-refractivity contribution is 5.49. The fraction of sp³-hybridized carbons (Fsp3) is 0.222. The molecule has 0 saturated heterocycles. The van der Waals surface area contributed by atoms with E-state index in [4.69, 9.17) is 0 Å². The molecular weight excluding hydrogens is 648 g/mol. The van der Waals surface area contributed by atoms with Crippen molar-refractivity contribution in [2.24, 2.45) is 0 Å². The van der Waals surface area contributed by atoms with Crippen LogP contribution < -0.4 is 52.9 Å². The molecule has 0 aliphatic carbocycles. The van der Waals surface area contributed by atoms with Crippen LogP contribution in [0.1, 0.15) is 33.4 Å². The lowest BCUT2D eigenvalue weighted by atomic mass is 9.99. The Morgan fingerprint density at radius 3 is 1.31 bits per heavy atom. The SMILES string of the molecule is [Br-].[Br-].c1cc(C[n+]2ccc(N3CCc4ccccc4C3)cc2)cc(C[n+]2ccc(N3CCc4ccccc4C3)cc2)c1. The van der Waals surface area contributed by atoms with Gasteiger partial charge in [0.2, 0.25) is 0 Å². The zero-order valence-electron chi connectivity index (χ0n) is 23.7. The van der Waals surface area contributed by atoms with E-state index in [9.17, 15) is 0 Å². The van der Waals surface area contributed by atoms with Gasteiger partial charge in [0.25, 0.3) is 0 Å². The van der Waals surface area contributed by atoms with Gasteiger partial charge >= 0.3 is 0 Å². The number of aromatic nitrogens is 2. The molecule has 3 aromatic carbocycles. The molecular formula is C36H36Br2N4. The van der Waals surface area contributed by atoms with E-state index in [0.717, 1.165) is 52.1 Å². The molecule has 0 fully saturated rings. The molecule has 4 nitrogen and oxygen atoms in total. The maximum Gasteiger partial charge on any atom is 0.173 e. The Bertz CT molecular complexity index is 1500. The average Bonchev–Trinajstić information content (AvgIpc) is 3.01. The Balaban J connectivity index is 0.00000176. The first-order valence-corrected chi connectivity index (χ1v) is 14.5. The summed E-state index contributed by atoms with van der Waals surface area (Å²) < 4.78 is 4.55. The van der Waals surface area contributed by atoms with Crippen molar-refractivity contribution in [1.82, 2.24) is 0 Å². The van der Waals surface area contributed by atoms with Gasteiger partial charge < -0.3 is 43.8 Å². The number of anilines is 2. The Morgan fingerprint density at radius 2 is 0.881 bits per heavy atom. The molecule has 214 valence electrons. The first-order chi connectivity index (χ1) is 19.8. The van der Waals surface area contributed by atoms with Gasteiger partial charge in [0.15, 0.2) is 37.9 Å². The molecule has 2 aliphatic rings. The van der Waals surface area contributed by atoms with E-state index < -0.39 is 0 Å². The van der Waals surface area contributed by atoms with E-state index in [2.05, 4.69) is 141 Å². The summed E-state index contributed by atoms with van der Waals surface area (Å²) in [5.41, 5.74) is 11.1. The van der Waals surface area contributed by atoms with Crippen LogP contribution in [-0.4, -0.2) is 13.1 Å². The predicted molar refractivity (Wildman–Crippen MR) is 160 cm³/mol. The second-order valence-electron chi connectivity index (χ2n) is 11.2. The molecule has 0 amide bonds. The molecule has 0 unspecified atom stereocenters. The van der Waals surface area contributed by atoms with Crippen LogP contribution in [0, 0.1) is 0 Å². The van der Waals surface area contributed by atoms with Crippen LogP contribution in [0.15, 0.2) is 122 Å². The number of hydrogen-bond donors (Lipinski definition) is 0. The van der Waals surface area contributed by atoms with E-state index in [1.54, 1.807) is 0 Å². The lowest BCUT2D eigenvalue weighted by Crippen LogP contribution is -3.00. The number of rotatable bonds is 6. The number of fused-ring (bicyclic) bond motifs is 2. The van der Waals surface area contributed by atoms with Crippen LogP contribution in [0.3, 0.4) is 0 Å². The van der Waals surface area contributed by atoms with Gasteiger partial charge in [-0.05, 0) is 41.2 Å². The Kier molecular flexibility index (Phi) is 9.76. The van der Waals surface area contributed by atoms with Gasteiger partial charge in [-0.25, -0.2) is 9.13 Å². The molecule has 0 spiro atoms. The molecule has 7 rings (SSSR count). The Hall–Kier alpha value is -3.48. The Labute approximate surface area is 270 Å². The summed E-state index contributed by atoms with van der Waals surface area (Å²) in [5.74, 6) is 0. The molecule has 2 aromatic heterocycles. The van der Waals surface area contributed by atoms with Crippen LogP contribution in [0.5, 0.6) is 0 Å². The quantitative estimate of drug-likeness (QED) is 0.224. The van der Waals surface area contributed by atoms with Crippen molar-refractivity contribution in [3.63, 3.8) is 0 Å². The van der Waals surface area contributed by atoms with Crippen molar-refractivity contribution in [1.29, 1.82) is 0 Å². The molecule has 0 bridgehead atoms. The van der Waals surface area contributed by atoms with Gasteiger partial charge in [0.05, 0.1) is 0 Å². The summed E-state index contributed by atoms with van der Waals surface area (Å²) in [6.45, 7) is 5.88. The molecule has 0 radical (unpaired) electrons. The van der Waals surface area contributed by atoms with E-state index in [0.29, 0.717) is 0 Å². The zero-order valence-corrected chi connectivity index (χ0v) is 26.9. The lowest BCUT2D eigenvalue weighted by molar-refractivity contribution is -0.689. The Morgan fingerprint density at radius 1 is 0.476 bits per heavy atom. The third-order valence-corrected chi connectivity index (χ3v) is 8.46. The van der Waals surface area contributed by atoms with E-state index in [1.165, 1.54) is 44.8 Å². The molecule has 42 heavy (non-hydrogen) atoms. The highest BCUT2D eigenvalue weighted by Gasteiger charge is 2.18. The monoisotopic (exact) mass is 682 g/mol. The molecule has 0 saturated carbocycles. The van der Waals surface area contributed by atoms with Crippen molar-refractivity contribution in [2.75, 3.05) is 22.9 Å². The van der Waals surface area contributed by atoms with Crippen molar-refractivity contribution in [3.05, 3.63) is 155 Å². The van der Waals surface area contributed by atoms with Crippen molar-refractivity contribution >= 4 is 11.4 Å². The van der Waals surface area contributed by atoms with Crippen LogP contribution in [0.25, 0.3) is 0 Å². The summed E-state index contributed by atoms with van der Waals surface area (Å²) in [7, 11) is 0. The van der Waals surface area contributed by atoms with Crippen molar-refractivity contribution in [3.8, 4) is 0 Å². The molecule has 2 aliphatic heterocycles. The lowest BCUT2D eigenvalue weighted by Gasteiger charge is -2.30. The summed E-state index contributed by atoms with van der Waals surface area (Å²) in [4.78, 5) is 4.97. The largest absolute Gasteiger partial charge is 1.00 e. The minimum absolute atomic E-state index is 0. The van der Waals surface area contributed by atoms with Gasteiger partial charge in [0, 0.05) is 72.9 Å². The third kappa shape index (κ3) is 6.77. The van der Waals surface area contributed by atoms with Crippen LogP contribution in [0.2, 0.25) is 0 Å². The van der Waals surface area contributed by atoms with E-state index >= 15 is 0 Å². The molecule has 4 heterocycles. The summed E-state index contributed by atoms with van der Waals surface area (Å²) >= 11 is 0. The fourth-order valence-electron chi connectivity index (χ4n) is 6.21. The van der Waals surface area contributed by atoms with Crippen LogP contribution in [0.4, 0.5) is 11.4 Å². The maximum absolute atomic E-state index is 2.49. The molecule has 6 heteroatoms. The molecule has 0 atom stereocenters. The third-order valence-electron chi connectivity index (χ3n) is 8.46. The van der Waals surface area contributed by atoms with Gasteiger partial charge in [-0.2, -0.15) is 0 Å². The van der Waals surface area contributed by atoms with Crippen molar-refractivity contribution < 1.29 is 43.1 Å². The van der Waals surface area contributed by atoms with Gasteiger partial charge in [-0.15, -0.1) is 0 Å². The smallest absolute Gasteiger partial charge is 0.173 e. The second-order valence-corrected chi connectivity index (χ2v) is 11.2.